The summed E-state index contributed by atoms with van der Waals surface area (Å²) in [6.45, 7) is 0. The van der Waals surface area contributed by atoms with Crippen molar-refractivity contribution in [3.05, 3.63) is 12.2 Å². The maximum Gasteiger partial charge on any atom is 0.134 e. The van der Waals surface area contributed by atoms with Crippen LogP contribution in [0.3, 0.4) is 0 Å². The lowest BCUT2D eigenvalue weighted by Crippen LogP contribution is -2.10. The van der Waals surface area contributed by atoms with Crippen LogP contribution >= 0.6 is 22.6 Å². The Morgan fingerprint density at radius 3 is 2.57 bits per heavy atom. The standard InChI is InChI=1S/C5H7IO/c6-5(7)3-1-2-4-5/h1,3,7H,2,4H2. The molecule has 0 radical (unpaired) electrons. The lowest BCUT2D eigenvalue weighted by molar-refractivity contribution is 0.205. The van der Waals surface area contributed by atoms with E-state index in [1.807, 2.05) is 34.7 Å². The zero-order valence-corrected chi connectivity index (χ0v) is 6.05. The summed E-state index contributed by atoms with van der Waals surface area (Å²) in [5.41, 5.74) is 0. The van der Waals surface area contributed by atoms with Crippen LogP contribution in [0, 0.1) is 0 Å². The van der Waals surface area contributed by atoms with Gasteiger partial charge in [-0.15, -0.1) is 0 Å². The van der Waals surface area contributed by atoms with Gasteiger partial charge >= 0.3 is 0 Å². The fourth-order valence-electron chi connectivity index (χ4n) is 0.633. The summed E-state index contributed by atoms with van der Waals surface area (Å²) in [6.07, 6.45) is 5.76. The summed E-state index contributed by atoms with van der Waals surface area (Å²) in [7, 11) is 0. The molecule has 1 aliphatic rings. The quantitative estimate of drug-likeness (QED) is 0.364. The number of hydrogen-bond acceptors (Lipinski definition) is 1. The molecule has 0 aromatic carbocycles. The Labute approximate surface area is 56.6 Å². The first-order valence-corrected chi connectivity index (χ1v) is 3.38. The van der Waals surface area contributed by atoms with Crippen LogP contribution in [-0.4, -0.2) is 8.71 Å². The Kier molecular flexibility index (Phi) is 1.39. The first kappa shape index (κ1) is 5.56. The fourth-order valence-corrected chi connectivity index (χ4v) is 1.20. The first-order chi connectivity index (χ1) is 3.21. The number of rotatable bonds is 0. The molecule has 0 saturated carbocycles. The van der Waals surface area contributed by atoms with E-state index in [1.54, 1.807) is 0 Å². The van der Waals surface area contributed by atoms with Crippen molar-refractivity contribution >= 4 is 22.6 Å². The van der Waals surface area contributed by atoms with Gasteiger partial charge in [0.2, 0.25) is 0 Å². The highest BCUT2D eigenvalue weighted by Gasteiger charge is 2.20. The Morgan fingerprint density at radius 2 is 2.43 bits per heavy atom. The largest absolute Gasteiger partial charge is 0.376 e. The maximum atomic E-state index is 9.09. The smallest absolute Gasteiger partial charge is 0.134 e. The summed E-state index contributed by atoms with van der Waals surface area (Å²) >= 11 is 2.03. The minimum absolute atomic E-state index is 0.516. The van der Waals surface area contributed by atoms with E-state index in [0.717, 1.165) is 12.8 Å². The Hall–Kier alpha value is 0.430. The molecule has 0 aliphatic heterocycles. The van der Waals surface area contributed by atoms with Crippen molar-refractivity contribution in [1.29, 1.82) is 0 Å². The molecule has 7 heavy (non-hydrogen) atoms. The third-order valence-corrected chi connectivity index (χ3v) is 1.93. The Bertz CT molecular complexity index is 96.3. The summed E-state index contributed by atoms with van der Waals surface area (Å²) < 4.78 is -0.516. The molecule has 2 heteroatoms. The molecule has 0 amide bonds. The maximum absolute atomic E-state index is 9.09. The highest BCUT2D eigenvalue weighted by atomic mass is 127. The second kappa shape index (κ2) is 1.74. The molecule has 1 unspecified atom stereocenters. The van der Waals surface area contributed by atoms with Crippen molar-refractivity contribution < 1.29 is 5.11 Å². The van der Waals surface area contributed by atoms with Crippen LogP contribution < -0.4 is 0 Å². The van der Waals surface area contributed by atoms with Gasteiger partial charge in [0, 0.05) is 0 Å². The van der Waals surface area contributed by atoms with Crippen LogP contribution in [-0.2, 0) is 0 Å². The molecular formula is C5H7IO. The normalized spacial score (nSPS) is 39.7. The molecule has 0 bridgehead atoms. The van der Waals surface area contributed by atoms with Gasteiger partial charge in [-0.2, -0.15) is 0 Å². The zero-order valence-electron chi connectivity index (χ0n) is 3.89. The fraction of sp³-hybridized carbons (Fsp3) is 0.600. The van der Waals surface area contributed by atoms with E-state index in [-0.39, 0.29) is 0 Å². The number of aliphatic hydroxyl groups is 1. The van der Waals surface area contributed by atoms with Gasteiger partial charge < -0.3 is 5.11 Å². The number of hydrogen-bond donors (Lipinski definition) is 1. The topological polar surface area (TPSA) is 20.2 Å². The van der Waals surface area contributed by atoms with Crippen molar-refractivity contribution in [3.63, 3.8) is 0 Å². The van der Waals surface area contributed by atoms with Gasteiger partial charge in [-0.05, 0) is 41.5 Å². The molecule has 1 atom stereocenters. The van der Waals surface area contributed by atoms with E-state index in [4.69, 9.17) is 5.11 Å². The minimum atomic E-state index is -0.516. The second-order valence-electron chi connectivity index (χ2n) is 1.76. The third-order valence-electron chi connectivity index (χ3n) is 1.03. The lowest BCUT2D eigenvalue weighted by atomic mass is 10.3. The van der Waals surface area contributed by atoms with Crippen LogP contribution in [0.1, 0.15) is 12.8 Å². The van der Waals surface area contributed by atoms with Crippen LogP contribution in [0.5, 0.6) is 0 Å². The van der Waals surface area contributed by atoms with Gasteiger partial charge in [0.05, 0.1) is 0 Å². The molecule has 0 heterocycles. The van der Waals surface area contributed by atoms with Crippen LogP contribution in [0.15, 0.2) is 12.2 Å². The molecular weight excluding hydrogens is 203 g/mol. The van der Waals surface area contributed by atoms with Crippen molar-refractivity contribution in [3.8, 4) is 0 Å². The molecule has 40 valence electrons. The predicted octanol–water partition coefficient (Wildman–Crippen LogP) is 1.46. The van der Waals surface area contributed by atoms with Gasteiger partial charge in [0.25, 0.3) is 0 Å². The summed E-state index contributed by atoms with van der Waals surface area (Å²) in [5.74, 6) is 0. The van der Waals surface area contributed by atoms with E-state index in [0.29, 0.717) is 0 Å². The molecule has 1 N–H and O–H groups in total. The van der Waals surface area contributed by atoms with Gasteiger partial charge in [0.1, 0.15) is 3.61 Å². The van der Waals surface area contributed by atoms with Crippen molar-refractivity contribution in [2.75, 3.05) is 0 Å². The van der Waals surface area contributed by atoms with E-state index in [2.05, 4.69) is 0 Å². The third kappa shape index (κ3) is 1.42. The van der Waals surface area contributed by atoms with Gasteiger partial charge in [0.15, 0.2) is 0 Å². The van der Waals surface area contributed by atoms with E-state index in [1.165, 1.54) is 0 Å². The highest BCUT2D eigenvalue weighted by Crippen LogP contribution is 2.28. The first-order valence-electron chi connectivity index (χ1n) is 2.30. The van der Waals surface area contributed by atoms with Crippen molar-refractivity contribution in [1.82, 2.24) is 0 Å². The molecule has 1 rings (SSSR count). The van der Waals surface area contributed by atoms with Crippen molar-refractivity contribution in [2.45, 2.75) is 16.4 Å². The van der Waals surface area contributed by atoms with E-state index >= 15 is 0 Å². The van der Waals surface area contributed by atoms with E-state index in [9.17, 15) is 0 Å². The van der Waals surface area contributed by atoms with Gasteiger partial charge in [-0.3, -0.25) is 0 Å². The molecule has 0 saturated heterocycles. The van der Waals surface area contributed by atoms with E-state index < -0.39 is 3.61 Å². The average Bonchev–Trinajstić information content (AvgIpc) is 1.84. The highest BCUT2D eigenvalue weighted by molar-refractivity contribution is 14.1. The van der Waals surface area contributed by atoms with Crippen LogP contribution in [0.2, 0.25) is 0 Å². The van der Waals surface area contributed by atoms with Gasteiger partial charge in [-0.1, -0.05) is 6.08 Å². The predicted molar refractivity (Wildman–Crippen MR) is 37.3 cm³/mol. The lowest BCUT2D eigenvalue weighted by Gasteiger charge is -2.07. The monoisotopic (exact) mass is 210 g/mol. The SMILES string of the molecule is OC1(I)C=CCC1. The van der Waals surface area contributed by atoms with Gasteiger partial charge in [-0.25, -0.2) is 0 Å². The number of halogens is 1. The van der Waals surface area contributed by atoms with Crippen molar-refractivity contribution in [2.24, 2.45) is 0 Å². The molecule has 0 aromatic rings. The van der Waals surface area contributed by atoms with Crippen LogP contribution in [0.25, 0.3) is 0 Å². The molecule has 1 nitrogen and oxygen atoms in total. The summed E-state index contributed by atoms with van der Waals surface area (Å²) in [5, 5.41) is 9.09. The summed E-state index contributed by atoms with van der Waals surface area (Å²) in [4.78, 5) is 0. The average molecular weight is 210 g/mol. The van der Waals surface area contributed by atoms with Crippen LogP contribution in [0.4, 0.5) is 0 Å². The minimum Gasteiger partial charge on any atom is -0.376 e. The Balaban J connectivity index is 2.57. The molecule has 0 fully saturated rings. The molecule has 0 aromatic heterocycles. The number of allylic oxidation sites excluding steroid dienone is 1. The molecule has 0 spiro atoms. The Morgan fingerprint density at radius 1 is 1.71 bits per heavy atom. The zero-order chi connectivity index (χ0) is 5.33. The molecule has 1 aliphatic carbocycles. The number of alkyl halides is 1. The summed E-state index contributed by atoms with van der Waals surface area (Å²) in [6, 6.07) is 0. The second-order valence-corrected chi connectivity index (χ2v) is 3.63.